The van der Waals surface area contributed by atoms with Gasteiger partial charge in [-0.15, -0.1) is 0 Å². The van der Waals surface area contributed by atoms with Gasteiger partial charge in [0.05, 0.1) is 16.3 Å². The highest BCUT2D eigenvalue weighted by Gasteiger charge is 2.20. The van der Waals surface area contributed by atoms with Gasteiger partial charge in [0.1, 0.15) is 0 Å². The van der Waals surface area contributed by atoms with E-state index < -0.39 is 9.84 Å². The van der Waals surface area contributed by atoms with Gasteiger partial charge in [-0.25, -0.2) is 8.42 Å². The standard InChI is InChI=1S/C13H10Cl3NO2S/c14-9-2-1-8(11(16)5-9)7-20(18,19)13-6-10(15)3-4-12(13)17/h1-6H,7,17H2. The minimum absolute atomic E-state index is 0.00369. The van der Waals surface area contributed by atoms with Crippen molar-refractivity contribution in [1.82, 2.24) is 0 Å². The first-order valence-corrected chi connectivity index (χ1v) is 8.30. The second kappa shape index (κ2) is 5.82. The molecular formula is C13H10Cl3NO2S. The van der Waals surface area contributed by atoms with Crippen molar-refractivity contribution in [1.29, 1.82) is 0 Å². The molecule has 0 aliphatic heterocycles. The van der Waals surface area contributed by atoms with Crippen LogP contribution in [0.2, 0.25) is 15.1 Å². The van der Waals surface area contributed by atoms with Crippen LogP contribution in [0.15, 0.2) is 41.3 Å². The van der Waals surface area contributed by atoms with E-state index >= 15 is 0 Å². The van der Waals surface area contributed by atoms with Crippen LogP contribution in [0.3, 0.4) is 0 Å². The molecule has 0 saturated carbocycles. The molecule has 0 aliphatic rings. The lowest BCUT2D eigenvalue weighted by molar-refractivity contribution is 0.595. The molecule has 0 unspecified atom stereocenters. The SMILES string of the molecule is Nc1ccc(Cl)cc1S(=O)(=O)Cc1ccc(Cl)cc1Cl. The number of rotatable bonds is 3. The lowest BCUT2D eigenvalue weighted by atomic mass is 10.2. The number of hydrogen-bond acceptors (Lipinski definition) is 3. The first kappa shape index (κ1) is 15.4. The minimum Gasteiger partial charge on any atom is -0.398 e. The number of anilines is 1. The predicted octanol–water partition coefficient (Wildman–Crippen LogP) is 4.20. The van der Waals surface area contributed by atoms with Crippen LogP contribution in [-0.4, -0.2) is 8.42 Å². The van der Waals surface area contributed by atoms with Gasteiger partial charge in [0.2, 0.25) is 0 Å². The van der Waals surface area contributed by atoms with Crippen molar-refractivity contribution in [3.05, 3.63) is 57.0 Å². The van der Waals surface area contributed by atoms with Gasteiger partial charge >= 0.3 is 0 Å². The number of sulfone groups is 1. The van der Waals surface area contributed by atoms with Gasteiger partial charge in [0.25, 0.3) is 0 Å². The molecule has 0 atom stereocenters. The zero-order valence-electron chi connectivity index (χ0n) is 10.1. The first-order chi connectivity index (χ1) is 9.29. The molecule has 0 spiro atoms. The van der Waals surface area contributed by atoms with E-state index in [2.05, 4.69) is 0 Å². The van der Waals surface area contributed by atoms with Crippen LogP contribution in [-0.2, 0) is 15.6 Å². The molecule has 7 heteroatoms. The molecular weight excluding hydrogens is 341 g/mol. The van der Waals surface area contributed by atoms with E-state index in [1.54, 1.807) is 12.1 Å². The highest BCUT2D eigenvalue weighted by Crippen LogP contribution is 2.29. The molecule has 2 N–H and O–H groups in total. The Bertz CT molecular complexity index is 760. The van der Waals surface area contributed by atoms with Crippen molar-refractivity contribution in [3.63, 3.8) is 0 Å². The quantitative estimate of drug-likeness (QED) is 0.844. The molecule has 0 bridgehead atoms. The fourth-order valence-electron chi connectivity index (χ4n) is 1.70. The lowest BCUT2D eigenvalue weighted by Crippen LogP contribution is -2.08. The van der Waals surface area contributed by atoms with E-state index in [0.717, 1.165) is 0 Å². The summed E-state index contributed by atoms with van der Waals surface area (Å²) in [6.07, 6.45) is 0. The van der Waals surface area contributed by atoms with Crippen LogP contribution in [0, 0.1) is 0 Å². The average Bonchev–Trinajstić information content (AvgIpc) is 2.35. The van der Waals surface area contributed by atoms with E-state index in [0.29, 0.717) is 20.6 Å². The van der Waals surface area contributed by atoms with Gasteiger partial charge in [0.15, 0.2) is 9.84 Å². The summed E-state index contributed by atoms with van der Waals surface area (Å²) in [6.45, 7) is 0. The third-order valence-electron chi connectivity index (χ3n) is 2.67. The Hall–Kier alpha value is -0.940. The Morgan fingerprint density at radius 1 is 0.950 bits per heavy atom. The van der Waals surface area contributed by atoms with Crippen molar-refractivity contribution < 1.29 is 8.42 Å². The maximum atomic E-state index is 12.4. The molecule has 2 rings (SSSR count). The summed E-state index contributed by atoms with van der Waals surface area (Å²) in [7, 11) is -3.64. The zero-order valence-corrected chi connectivity index (χ0v) is 13.2. The average molecular weight is 351 g/mol. The highest BCUT2D eigenvalue weighted by atomic mass is 35.5. The largest absolute Gasteiger partial charge is 0.398 e. The molecule has 0 aromatic heterocycles. The minimum atomic E-state index is -3.64. The Balaban J connectivity index is 2.43. The maximum absolute atomic E-state index is 12.4. The van der Waals surface area contributed by atoms with Gasteiger partial charge < -0.3 is 5.73 Å². The molecule has 0 heterocycles. The fourth-order valence-corrected chi connectivity index (χ4v) is 4.04. The van der Waals surface area contributed by atoms with Crippen molar-refractivity contribution in [2.75, 3.05) is 5.73 Å². The third kappa shape index (κ3) is 3.38. The molecule has 106 valence electrons. The molecule has 2 aromatic rings. The smallest absolute Gasteiger partial charge is 0.184 e. The zero-order chi connectivity index (χ0) is 14.9. The number of halogens is 3. The molecule has 0 aliphatic carbocycles. The number of hydrogen-bond donors (Lipinski definition) is 1. The lowest BCUT2D eigenvalue weighted by Gasteiger charge is -2.09. The molecule has 0 saturated heterocycles. The number of benzene rings is 2. The second-order valence-electron chi connectivity index (χ2n) is 4.18. The van der Waals surface area contributed by atoms with E-state index in [-0.39, 0.29) is 16.3 Å². The third-order valence-corrected chi connectivity index (χ3v) is 5.21. The molecule has 20 heavy (non-hydrogen) atoms. The maximum Gasteiger partial charge on any atom is 0.184 e. The fraction of sp³-hybridized carbons (Fsp3) is 0.0769. The molecule has 3 nitrogen and oxygen atoms in total. The summed E-state index contributed by atoms with van der Waals surface area (Å²) < 4.78 is 24.8. The molecule has 0 fully saturated rings. The van der Waals surface area contributed by atoms with Crippen LogP contribution in [0.25, 0.3) is 0 Å². The van der Waals surface area contributed by atoms with Gasteiger partial charge in [-0.1, -0.05) is 40.9 Å². The Morgan fingerprint density at radius 2 is 1.55 bits per heavy atom. The summed E-state index contributed by atoms with van der Waals surface area (Å²) in [5.74, 6) is -0.270. The van der Waals surface area contributed by atoms with Crippen molar-refractivity contribution in [3.8, 4) is 0 Å². The molecule has 0 radical (unpaired) electrons. The van der Waals surface area contributed by atoms with Crippen LogP contribution < -0.4 is 5.73 Å². The van der Waals surface area contributed by atoms with Crippen LogP contribution in [0.5, 0.6) is 0 Å². The van der Waals surface area contributed by atoms with Crippen molar-refractivity contribution in [2.45, 2.75) is 10.6 Å². The summed E-state index contributed by atoms with van der Waals surface area (Å²) in [5, 5.41) is 1.04. The second-order valence-corrected chi connectivity index (χ2v) is 7.42. The van der Waals surface area contributed by atoms with Gasteiger partial charge in [-0.3, -0.25) is 0 Å². The molecule has 0 amide bonds. The van der Waals surface area contributed by atoms with Gasteiger partial charge in [0, 0.05) is 15.1 Å². The van der Waals surface area contributed by atoms with E-state index in [1.807, 2.05) is 0 Å². The summed E-state index contributed by atoms with van der Waals surface area (Å²) in [6, 6.07) is 8.97. The van der Waals surface area contributed by atoms with E-state index in [1.165, 1.54) is 24.3 Å². The van der Waals surface area contributed by atoms with Gasteiger partial charge in [-0.2, -0.15) is 0 Å². The molecule has 2 aromatic carbocycles. The Kier molecular flexibility index (Phi) is 4.49. The van der Waals surface area contributed by atoms with E-state index in [9.17, 15) is 8.42 Å². The number of nitrogens with two attached hydrogens (primary N) is 1. The first-order valence-electron chi connectivity index (χ1n) is 5.51. The Labute approximate surface area is 132 Å². The van der Waals surface area contributed by atoms with Crippen LogP contribution in [0.4, 0.5) is 5.69 Å². The summed E-state index contributed by atoms with van der Waals surface area (Å²) in [4.78, 5) is -0.00369. The normalized spacial score (nSPS) is 11.6. The van der Waals surface area contributed by atoms with Crippen LogP contribution in [0.1, 0.15) is 5.56 Å². The number of nitrogen functional groups attached to an aromatic ring is 1. The van der Waals surface area contributed by atoms with E-state index in [4.69, 9.17) is 40.5 Å². The van der Waals surface area contributed by atoms with Crippen molar-refractivity contribution in [2.24, 2.45) is 0 Å². The van der Waals surface area contributed by atoms with Crippen molar-refractivity contribution >= 4 is 50.3 Å². The summed E-state index contributed by atoms with van der Waals surface area (Å²) in [5.41, 5.74) is 6.31. The Morgan fingerprint density at radius 3 is 2.20 bits per heavy atom. The van der Waals surface area contributed by atoms with Crippen LogP contribution >= 0.6 is 34.8 Å². The predicted molar refractivity (Wildman–Crippen MR) is 83.2 cm³/mol. The summed E-state index contributed by atoms with van der Waals surface area (Å²) >= 11 is 17.6. The topological polar surface area (TPSA) is 60.2 Å². The highest BCUT2D eigenvalue weighted by molar-refractivity contribution is 7.90. The van der Waals surface area contributed by atoms with Gasteiger partial charge in [-0.05, 0) is 35.9 Å². The monoisotopic (exact) mass is 349 g/mol.